The summed E-state index contributed by atoms with van der Waals surface area (Å²) in [5, 5.41) is 9.05. The van der Waals surface area contributed by atoms with Gasteiger partial charge < -0.3 is 19.3 Å². The number of hydrogen-bond donors (Lipinski definition) is 1. The van der Waals surface area contributed by atoms with Crippen LogP contribution in [0.3, 0.4) is 0 Å². The lowest BCUT2D eigenvalue weighted by Crippen LogP contribution is -2.43. The number of carbonyl (C=O) groups excluding carboxylic acids is 3. The predicted octanol–water partition coefficient (Wildman–Crippen LogP) is 2.50. The zero-order valence-electron chi connectivity index (χ0n) is 17.6. The van der Waals surface area contributed by atoms with E-state index in [0.717, 1.165) is 17.6 Å². The molecule has 1 aliphatic carbocycles. The van der Waals surface area contributed by atoms with Crippen molar-refractivity contribution in [3.8, 4) is 0 Å². The third-order valence-electron chi connectivity index (χ3n) is 5.56. The number of hydrogen-bond acceptors (Lipinski definition) is 8. The number of carbonyl (C=O) groups is 3. The summed E-state index contributed by atoms with van der Waals surface area (Å²) >= 11 is 1.51. The van der Waals surface area contributed by atoms with Crippen molar-refractivity contribution in [1.29, 1.82) is 0 Å². The minimum Gasteiger partial charge on any atom is -0.466 e. The highest BCUT2D eigenvalue weighted by molar-refractivity contribution is 7.99. The Balaban J connectivity index is 2.20. The number of rotatable bonds is 10. The number of aliphatic hydroxyl groups excluding tert-OH is 1. The molecule has 0 aromatic carbocycles. The van der Waals surface area contributed by atoms with Gasteiger partial charge >= 0.3 is 17.9 Å². The van der Waals surface area contributed by atoms with Crippen molar-refractivity contribution < 1.29 is 33.7 Å². The number of ether oxygens (including phenoxy) is 3. The number of thioether (sulfide) groups is 1. The van der Waals surface area contributed by atoms with Crippen LogP contribution in [0.25, 0.3) is 0 Å². The maximum Gasteiger partial charge on any atom is 0.310 e. The normalized spacial score (nSPS) is 27.3. The summed E-state index contributed by atoms with van der Waals surface area (Å²) in [6.07, 6.45) is 1.35. The third kappa shape index (κ3) is 6.22. The Kier molecular flexibility index (Phi) is 9.02. The van der Waals surface area contributed by atoms with Crippen LogP contribution >= 0.6 is 11.8 Å². The van der Waals surface area contributed by atoms with Crippen molar-refractivity contribution in [2.24, 2.45) is 17.8 Å². The van der Waals surface area contributed by atoms with Gasteiger partial charge in [0.15, 0.2) is 0 Å². The number of aliphatic hydroxyl groups is 1. The largest absolute Gasteiger partial charge is 0.466 e. The summed E-state index contributed by atoms with van der Waals surface area (Å²) in [6, 6.07) is 0. The molecule has 0 aromatic heterocycles. The first-order valence-electron chi connectivity index (χ1n) is 10.2. The molecule has 0 radical (unpaired) electrons. The van der Waals surface area contributed by atoms with Gasteiger partial charge in [-0.3, -0.25) is 14.4 Å². The van der Waals surface area contributed by atoms with Crippen LogP contribution in [0.2, 0.25) is 0 Å². The van der Waals surface area contributed by atoms with Gasteiger partial charge in [-0.1, -0.05) is 12.5 Å². The molecular weight excluding hydrogens is 396 g/mol. The fourth-order valence-electron chi connectivity index (χ4n) is 4.42. The van der Waals surface area contributed by atoms with Crippen molar-refractivity contribution in [1.82, 2.24) is 0 Å². The molecule has 2 aliphatic rings. The maximum atomic E-state index is 12.5. The Bertz CT molecular complexity index is 645. The molecule has 1 heterocycles. The summed E-state index contributed by atoms with van der Waals surface area (Å²) in [6.45, 7) is 7.27. The van der Waals surface area contributed by atoms with Crippen molar-refractivity contribution >= 4 is 29.7 Å². The second-order valence-corrected chi connectivity index (χ2v) is 8.96. The average Bonchev–Trinajstić information content (AvgIpc) is 2.93. The van der Waals surface area contributed by atoms with Crippen molar-refractivity contribution in [2.75, 3.05) is 24.7 Å². The van der Waals surface area contributed by atoms with Gasteiger partial charge in [-0.15, -0.1) is 0 Å². The molecule has 1 saturated heterocycles. The van der Waals surface area contributed by atoms with Gasteiger partial charge in [0.2, 0.25) is 0 Å². The molecule has 0 aromatic rings. The molecule has 0 bridgehead atoms. The fraction of sp³-hybridized carbons (Fsp3) is 0.762. The van der Waals surface area contributed by atoms with Crippen molar-refractivity contribution in [3.05, 3.63) is 11.1 Å². The van der Waals surface area contributed by atoms with Crippen molar-refractivity contribution in [2.45, 2.75) is 59.2 Å². The molecular formula is C21H32O7S. The third-order valence-corrected chi connectivity index (χ3v) is 6.63. The van der Waals surface area contributed by atoms with E-state index in [1.807, 2.05) is 6.92 Å². The Morgan fingerprint density at radius 3 is 2.66 bits per heavy atom. The Hall–Kier alpha value is -1.54. The van der Waals surface area contributed by atoms with Gasteiger partial charge in [-0.2, -0.15) is 11.8 Å². The Labute approximate surface area is 176 Å². The van der Waals surface area contributed by atoms with Gasteiger partial charge in [0, 0.05) is 31.8 Å². The van der Waals surface area contributed by atoms with Gasteiger partial charge in [-0.25, -0.2) is 0 Å². The Morgan fingerprint density at radius 1 is 1.31 bits per heavy atom. The molecule has 8 heteroatoms. The molecule has 1 fully saturated rings. The zero-order chi connectivity index (χ0) is 21.6. The molecule has 2 rings (SSSR count). The van der Waals surface area contributed by atoms with Crippen LogP contribution in [-0.2, 0) is 28.6 Å². The van der Waals surface area contributed by atoms with E-state index >= 15 is 0 Å². The van der Waals surface area contributed by atoms with E-state index in [0.29, 0.717) is 31.0 Å². The predicted molar refractivity (Wildman–Crippen MR) is 109 cm³/mol. The molecule has 0 spiro atoms. The molecule has 164 valence electrons. The number of fused-ring (bicyclic) bond motifs is 1. The summed E-state index contributed by atoms with van der Waals surface area (Å²) in [4.78, 5) is 35.4. The van der Waals surface area contributed by atoms with E-state index in [4.69, 9.17) is 19.3 Å². The van der Waals surface area contributed by atoms with E-state index in [-0.39, 0.29) is 48.4 Å². The lowest BCUT2D eigenvalue weighted by atomic mass is 9.71. The summed E-state index contributed by atoms with van der Waals surface area (Å²) < 4.78 is 16.4. The molecule has 5 atom stereocenters. The highest BCUT2D eigenvalue weighted by Crippen LogP contribution is 2.46. The minimum absolute atomic E-state index is 0.0531. The van der Waals surface area contributed by atoms with Crippen LogP contribution in [0.15, 0.2) is 11.1 Å². The smallest absolute Gasteiger partial charge is 0.310 e. The van der Waals surface area contributed by atoms with Gasteiger partial charge in [-0.05, 0) is 31.3 Å². The topological polar surface area (TPSA) is 99.1 Å². The molecule has 0 saturated carbocycles. The van der Waals surface area contributed by atoms with Crippen LogP contribution in [0, 0.1) is 17.8 Å². The minimum atomic E-state index is -0.499. The summed E-state index contributed by atoms with van der Waals surface area (Å²) in [7, 11) is 0. The van der Waals surface area contributed by atoms with Gasteiger partial charge in [0.05, 0.1) is 25.0 Å². The molecule has 0 amide bonds. The fourth-order valence-corrected chi connectivity index (χ4v) is 5.33. The highest BCUT2D eigenvalue weighted by atomic mass is 32.2. The van der Waals surface area contributed by atoms with E-state index in [9.17, 15) is 14.4 Å². The van der Waals surface area contributed by atoms with Crippen LogP contribution in [-0.4, -0.2) is 59.9 Å². The first kappa shape index (κ1) is 23.7. The maximum absolute atomic E-state index is 12.5. The molecule has 1 N–H and O–H groups in total. The average molecular weight is 429 g/mol. The van der Waals surface area contributed by atoms with Crippen LogP contribution < -0.4 is 0 Å². The number of esters is 3. The standard InChI is InChI=1S/C21H32O7S/c1-12(6-5-8-26-14(3)23)18-13(2)10-17-19(20(18)27-15(4)24)16(21(25)28-17)11-29-9-7-22/h12,16-17,19-20,22H,5-11H2,1-4H3/t12-,16?,17+,19+,20+/m0/s1. The quantitative estimate of drug-likeness (QED) is 0.245. The van der Waals surface area contributed by atoms with E-state index in [1.165, 1.54) is 25.6 Å². The lowest BCUT2D eigenvalue weighted by Gasteiger charge is -2.38. The van der Waals surface area contributed by atoms with Crippen LogP contribution in [0.4, 0.5) is 0 Å². The second kappa shape index (κ2) is 11.0. The van der Waals surface area contributed by atoms with Crippen LogP contribution in [0.5, 0.6) is 0 Å². The van der Waals surface area contributed by atoms with E-state index in [2.05, 4.69) is 6.92 Å². The molecule has 1 unspecified atom stereocenters. The van der Waals surface area contributed by atoms with E-state index < -0.39 is 6.10 Å². The first-order chi connectivity index (χ1) is 13.8. The first-order valence-corrected chi connectivity index (χ1v) is 11.3. The summed E-state index contributed by atoms with van der Waals surface area (Å²) in [5.74, 6) is -0.301. The summed E-state index contributed by atoms with van der Waals surface area (Å²) in [5.41, 5.74) is 2.15. The van der Waals surface area contributed by atoms with Gasteiger partial charge in [0.1, 0.15) is 12.2 Å². The second-order valence-electron chi connectivity index (χ2n) is 7.81. The van der Waals surface area contributed by atoms with Crippen molar-refractivity contribution in [3.63, 3.8) is 0 Å². The monoisotopic (exact) mass is 428 g/mol. The molecule has 29 heavy (non-hydrogen) atoms. The lowest BCUT2D eigenvalue weighted by molar-refractivity contribution is -0.149. The highest BCUT2D eigenvalue weighted by Gasteiger charge is 2.53. The van der Waals surface area contributed by atoms with Crippen LogP contribution in [0.1, 0.15) is 47.0 Å². The SMILES string of the molecule is CC(=O)OCCC[C@H](C)C1=C(C)C[C@H]2OC(=O)C(CSCCO)[C@H]2[C@@H]1OC(C)=O. The zero-order valence-corrected chi connectivity index (χ0v) is 18.5. The Morgan fingerprint density at radius 2 is 2.03 bits per heavy atom. The van der Waals surface area contributed by atoms with E-state index in [1.54, 1.807) is 0 Å². The van der Waals surface area contributed by atoms with Gasteiger partial charge in [0.25, 0.3) is 0 Å². The molecule has 7 nitrogen and oxygen atoms in total. The molecule has 1 aliphatic heterocycles.